The van der Waals surface area contributed by atoms with Gasteiger partial charge < -0.3 is 15.2 Å². The lowest BCUT2D eigenvalue weighted by molar-refractivity contribution is -0.139. The van der Waals surface area contributed by atoms with Crippen LogP contribution in [0.2, 0.25) is 0 Å². The highest BCUT2D eigenvalue weighted by Crippen LogP contribution is 2.07. The molecule has 0 spiro atoms. The van der Waals surface area contributed by atoms with Crippen molar-refractivity contribution in [1.29, 1.82) is 0 Å². The molecule has 19 heavy (non-hydrogen) atoms. The first kappa shape index (κ1) is 14.7. The molecular weight excluding hydrogens is 254 g/mol. The minimum Gasteiger partial charge on any atom is -0.480 e. The first-order valence-electron chi connectivity index (χ1n) is 5.49. The number of hydrogen-bond acceptors (Lipinski definition) is 7. The van der Waals surface area contributed by atoms with Gasteiger partial charge in [0.1, 0.15) is 11.6 Å². The molecule has 9 nitrogen and oxygen atoms in total. The van der Waals surface area contributed by atoms with Crippen molar-refractivity contribution in [3.8, 4) is 0 Å². The molecule has 0 fully saturated rings. The van der Waals surface area contributed by atoms with E-state index < -0.39 is 23.7 Å². The second-order valence-corrected chi connectivity index (χ2v) is 4.70. The van der Waals surface area contributed by atoms with E-state index in [1.165, 1.54) is 0 Å². The van der Waals surface area contributed by atoms with Gasteiger partial charge in [-0.1, -0.05) is 0 Å². The minimum absolute atomic E-state index is 0.117. The van der Waals surface area contributed by atoms with Gasteiger partial charge in [-0.25, -0.2) is 9.59 Å². The Morgan fingerprint density at radius 1 is 1.37 bits per heavy atom. The van der Waals surface area contributed by atoms with Crippen LogP contribution in [0.1, 0.15) is 26.6 Å². The van der Waals surface area contributed by atoms with E-state index in [-0.39, 0.29) is 12.2 Å². The Balaban J connectivity index is 2.64. The molecule has 1 aromatic rings. The molecule has 9 heteroatoms. The second-order valence-electron chi connectivity index (χ2n) is 4.70. The molecule has 0 aliphatic carbocycles. The number of nitrogens with one attached hydrogen (secondary N) is 1. The third kappa shape index (κ3) is 5.70. The molecular formula is C10H15N5O4. The average molecular weight is 269 g/mol. The highest BCUT2D eigenvalue weighted by molar-refractivity contribution is 5.80. The second kappa shape index (κ2) is 6.03. The van der Waals surface area contributed by atoms with E-state index in [9.17, 15) is 9.59 Å². The van der Waals surface area contributed by atoms with Crippen LogP contribution in [0, 0.1) is 0 Å². The van der Waals surface area contributed by atoms with Crippen molar-refractivity contribution in [2.24, 2.45) is 0 Å². The number of carbonyl (C=O) groups is 2. The molecule has 0 saturated carbocycles. The number of alkyl carbamates (subject to hydrolysis) is 1. The Morgan fingerprint density at radius 2 is 1.95 bits per heavy atom. The van der Waals surface area contributed by atoms with Gasteiger partial charge in [-0.05, 0) is 20.8 Å². The fourth-order valence-corrected chi connectivity index (χ4v) is 1.14. The van der Waals surface area contributed by atoms with E-state index in [0.29, 0.717) is 0 Å². The number of carbonyl (C=O) groups excluding carboxylic acids is 1. The smallest absolute Gasteiger partial charge is 0.408 e. The van der Waals surface area contributed by atoms with E-state index in [1.54, 1.807) is 20.8 Å². The summed E-state index contributed by atoms with van der Waals surface area (Å²) in [5.74, 6) is -1.11. The molecule has 1 amide bonds. The van der Waals surface area contributed by atoms with Crippen molar-refractivity contribution in [3.05, 3.63) is 12.2 Å². The minimum atomic E-state index is -1.22. The van der Waals surface area contributed by atoms with Crippen molar-refractivity contribution in [2.75, 3.05) is 0 Å². The van der Waals surface area contributed by atoms with Crippen molar-refractivity contribution in [3.63, 3.8) is 0 Å². The largest absolute Gasteiger partial charge is 0.480 e. The molecule has 1 aromatic heterocycles. The van der Waals surface area contributed by atoms with Gasteiger partial charge >= 0.3 is 12.1 Å². The Morgan fingerprint density at radius 3 is 2.42 bits per heavy atom. The van der Waals surface area contributed by atoms with Crippen molar-refractivity contribution in [1.82, 2.24) is 25.7 Å². The predicted octanol–water partition coefficient (Wildman–Crippen LogP) is -0.213. The highest BCUT2D eigenvalue weighted by Gasteiger charge is 2.25. The predicted molar refractivity (Wildman–Crippen MR) is 62.1 cm³/mol. The molecule has 0 saturated heterocycles. The van der Waals surface area contributed by atoms with Gasteiger partial charge in [0, 0.05) is 6.42 Å². The van der Waals surface area contributed by atoms with Gasteiger partial charge in [-0.3, -0.25) is 0 Å². The normalized spacial score (nSPS) is 12.6. The SMILES string of the molecule is CC(C)(C)OC(=O)NC(Cc1nncnn1)C(=O)O. The van der Waals surface area contributed by atoms with E-state index in [4.69, 9.17) is 9.84 Å². The van der Waals surface area contributed by atoms with E-state index >= 15 is 0 Å². The van der Waals surface area contributed by atoms with Crippen LogP contribution in [0.3, 0.4) is 0 Å². The van der Waals surface area contributed by atoms with Crippen LogP contribution < -0.4 is 5.32 Å². The van der Waals surface area contributed by atoms with Crippen molar-refractivity contribution < 1.29 is 19.4 Å². The monoisotopic (exact) mass is 269 g/mol. The number of ether oxygens (including phenoxy) is 1. The molecule has 0 aliphatic rings. The topological polar surface area (TPSA) is 127 Å². The van der Waals surface area contributed by atoms with E-state index in [2.05, 4.69) is 25.7 Å². The van der Waals surface area contributed by atoms with Gasteiger partial charge in [0.15, 0.2) is 12.2 Å². The van der Waals surface area contributed by atoms with Gasteiger partial charge in [0.2, 0.25) is 0 Å². The molecule has 0 aliphatic heterocycles. The lowest BCUT2D eigenvalue weighted by Gasteiger charge is -2.21. The summed E-state index contributed by atoms with van der Waals surface area (Å²) in [7, 11) is 0. The van der Waals surface area contributed by atoms with Crippen LogP contribution in [-0.2, 0) is 16.0 Å². The summed E-state index contributed by atoms with van der Waals surface area (Å²) in [6.07, 6.45) is 0.174. The molecule has 0 aromatic carbocycles. The molecule has 1 atom stereocenters. The number of hydrogen-bond donors (Lipinski definition) is 2. The molecule has 1 rings (SSSR count). The summed E-state index contributed by atoms with van der Waals surface area (Å²) < 4.78 is 4.97. The molecule has 1 heterocycles. The van der Waals surface area contributed by atoms with Crippen LogP contribution in [-0.4, -0.2) is 49.2 Å². The van der Waals surface area contributed by atoms with Crippen molar-refractivity contribution in [2.45, 2.75) is 38.8 Å². The quantitative estimate of drug-likeness (QED) is 0.768. The summed E-state index contributed by atoms with van der Waals surface area (Å²) in [6, 6.07) is -1.21. The molecule has 0 radical (unpaired) electrons. The number of aromatic nitrogens is 4. The average Bonchev–Trinajstić information content (AvgIpc) is 2.26. The van der Waals surface area contributed by atoms with E-state index in [0.717, 1.165) is 6.33 Å². The molecule has 0 bridgehead atoms. The number of aliphatic carboxylic acids is 1. The Kier molecular flexibility index (Phi) is 4.67. The highest BCUT2D eigenvalue weighted by atomic mass is 16.6. The first-order valence-corrected chi connectivity index (χ1v) is 5.49. The maximum Gasteiger partial charge on any atom is 0.408 e. The summed E-state index contributed by atoms with van der Waals surface area (Å²) in [6.45, 7) is 5.03. The van der Waals surface area contributed by atoms with Gasteiger partial charge in [0.05, 0.1) is 0 Å². The molecule has 1 unspecified atom stereocenters. The number of carboxylic acid groups (broad SMARTS) is 1. The standard InChI is InChI=1S/C10H15N5O4/c1-10(2,3)19-9(18)13-6(8(16)17)4-7-14-11-5-12-15-7/h5-6H,4H2,1-3H3,(H,13,18)(H,16,17). The third-order valence-corrected chi connectivity index (χ3v) is 1.83. The van der Waals surface area contributed by atoms with Crippen LogP contribution in [0.15, 0.2) is 6.33 Å². The summed E-state index contributed by atoms with van der Waals surface area (Å²) in [5, 5.41) is 25.4. The third-order valence-electron chi connectivity index (χ3n) is 1.83. The number of carboxylic acids is 1. The molecule has 2 N–H and O–H groups in total. The summed E-state index contributed by atoms with van der Waals surface area (Å²) in [4.78, 5) is 22.5. The fourth-order valence-electron chi connectivity index (χ4n) is 1.14. The van der Waals surface area contributed by atoms with Crippen LogP contribution >= 0.6 is 0 Å². The number of rotatable bonds is 4. The lowest BCUT2D eigenvalue weighted by atomic mass is 10.2. The lowest BCUT2D eigenvalue weighted by Crippen LogP contribution is -2.45. The zero-order valence-electron chi connectivity index (χ0n) is 10.8. The Bertz CT molecular complexity index is 445. The van der Waals surface area contributed by atoms with Crippen LogP contribution in [0.4, 0.5) is 4.79 Å². The van der Waals surface area contributed by atoms with Gasteiger partial charge in [-0.15, -0.1) is 20.4 Å². The van der Waals surface area contributed by atoms with Gasteiger partial charge in [0.25, 0.3) is 0 Å². The maximum absolute atomic E-state index is 11.5. The number of amides is 1. The van der Waals surface area contributed by atoms with Crippen LogP contribution in [0.5, 0.6) is 0 Å². The van der Waals surface area contributed by atoms with Crippen LogP contribution in [0.25, 0.3) is 0 Å². The fraction of sp³-hybridized carbons (Fsp3) is 0.600. The maximum atomic E-state index is 11.5. The Labute approximate surface area is 109 Å². The first-order chi connectivity index (χ1) is 8.78. The summed E-state index contributed by atoms with van der Waals surface area (Å²) in [5.41, 5.74) is -0.709. The van der Waals surface area contributed by atoms with E-state index in [1.807, 2.05) is 0 Å². The zero-order chi connectivity index (χ0) is 14.5. The zero-order valence-corrected chi connectivity index (χ0v) is 10.8. The van der Waals surface area contributed by atoms with Gasteiger partial charge in [-0.2, -0.15) is 0 Å². The summed E-state index contributed by atoms with van der Waals surface area (Å²) >= 11 is 0. The Hall–Kier alpha value is -2.32. The molecule has 104 valence electrons. The number of nitrogens with zero attached hydrogens (tertiary/aromatic N) is 4. The van der Waals surface area contributed by atoms with Crippen molar-refractivity contribution >= 4 is 12.1 Å².